The highest BCUT2D eigenvalue weighted by atomic mass is 32.3. The third kappa shape index (κ3) is 9.60. The Morgan fingerprint density at radius 2 is 1.39 bits per heavy atom. The topological polar surface area (TPSA) is 153 Å². The van der Waals surface area contributed by atoms with Crippen LogP contribution in [0.25, 0.3) is 0 Å². The second kappa shape index (κ2) is 16.8. The van der Waals surface area contributed by atoms with E-state index in [0.29, 0.717) is 61.7 Å². The minimum absolute atomic E-state index is 0.0832. The zero-order valence-electron chi connectivity index (χ0n) is 29.7. The molecule has 5 rings (SSSR count). The van der Waals surface area contributed by atoms with Crippen LogP contribution in [0, 0.1) is 5.92 Å². The van der Waals surface area contributed by atoms with Gasteiger partial charge in [-0.1, -0.05) is 37.3 Å². The molecule has 4 N–H and O–H groups in total. The molecule has 54 heavy (non-hydrogen) atoms. The van der Waals surface area contributed by atoms with E-state index in [1.54, 1.807) is 54.8 Å². The molecule has 0 radical (unpaired) electrons. The van der Waals surface area contributed by atoms with Crippen LogP contribution in [-0.2, 0) is 33.9 Å². The van der Waals surface area contributed by atoms with Gasteiger partial charge in [0.15, 0.2) is 0 Å². The molecule has 1 saturated carbocycles. The third-order valence-corrected chi connectivity index (χ3v) is 12.7. The molecule has 0 atom stereocenters. The van der Waals surface area contributed by atoms with Crippen molar-refractivity contribution in [3.05, 3.63) is 124 Å². The summed E-state index contributed by atoms with van der Waals surface area (Å²) in [6.45, 7) is 2.30. The lowest BCUT2D eigenvalue weighted by Gasteiger charge is -2.41. The predicted molar refractivity (Wildman–Crippen MR) is 201 cm³/mol. The fourth-order valence-corrected chi connectivity index (χ4v) is 9.21. The van der Waals surface area contributed by atoms with Gasteiger partial charge in [0.05, 0.1) is 28.3 Å². The van der Waals surface area contributed by atoms with E-state index in [9.17, 15) is 41.7 Å². The van der Waals surface area contributed by atoms with Crippen molar-refractivity contribution in [1.82, 2.24) is 4.31 Å². The molecule has 4 aromatic carbocycles. The standard InChI is InChI=1S/C40H42F3N3O7S/c1-3-46(32-20-15-28(16-21-32)39(51)52)54(2,53)33-6-4-5-29(23-33)36(47)45-35-22-17-30(40(41,42)43)24-34(35)37(48)44-31-18-11-26(12-19-31)8-7-25-9-13-27(14-10-25)38(49)50/h4-6,9-14,17-19,22-24,28,32,54H,3,7-8,15-16,20-21H2,1-2H3,(H,44,48)(H,45,47)(H,49,50)(H,51,52). The highest BCUT2D eigenvalue weighted by Crippen LogP contribution is 2.35. The van der Waals surface area contributed by atoms with Crippen molar-refractivity contribution in [2.24, 2.45) is 5.92 Å². The number of nitrogens with one attached hydrogen (secondary N) is 2. The summed E-state index contributed by atoms with van der Waals surface area (Å²) in [5, 5.41) is 23.6. The van der Waals surface area contributed by atoms with E-state index in [-0.39, 0.29) is 22.9 Å². The summed E-state index contributed by atoms with van der Waals surface area (Å²) >= 11 is 0. The van der Waals surface area contributed by atoms with Crippen LogP contribution >= 0.6 is 0 Å². The van der Waals surface area contributed by atoms with Gasteiger partial charge in [-0.3, -0.25) is 18.6 Å². The van der Waals surface area contributed by atoms with E-state index in [0.717, 1.165) is 23.3 Å². The normalized spacial score (nSPS) is 16.4. The van der Waals surface area contributed by atoms with Crippen LogP contribution in [0.1, 0.15) is 80.4 Å². The molecule has 2 amide bonds. The van der Waals surface area contributed by atoms with Gasteiger partial charge in [0.1, 0.15) is 0 Å². The number of anilines is 2. The Balaban J connectivity index is 1.30. The van der Waals surface area contributed by atoms with Crippen LogP contribution < -0.4 is 10.6 Å². The van der Waals surface area contributed by atoms with Crippen molar-refractivity contribution >= 4 is 45.2 Å². The number of nitrogens with zero attached hydrogens (tertiary/aromatic N) is 1. The lowest BCUT2D eigenvalue weighted by atomic mass is 9.86. The van der Waals surface area contributed by atoms with Crippen molar-refractivity contribution in [2.45, 2.75) is 62.6 Å². The van der Waals surface area contributed by atoms with Crippen LogP contribution in [0.3, 0.4) is 0 Å². The first kappa shape index (κ1) is 39.9. The number of amides is 2. The van der Waals surface area contributed by atoms with E-state index in [4.69, 9.17) is 5.11 Å². The molecule has 1 fully saturated rings. The first-order valence-electron chi connectivity index (χ1n) is 17.5. The average molecular weight is 766 g/mol. The molecule has 1 aliphatic carbocycles. The number of carbonyl (C=O) groups is 4. The number of aliphatic carboxylic acids is 1. The first-order chi connectivity index (χ1) is 25.6. The summed E-state index contributed by atoms with van der Waals surface area (Å²) in [6, 6.07) is 21.8. The Kier molecular flexibility index (Phi) is 12.4. The molecule has 0 saturated heterocycles. The highest BCUT2D eigenvalue weighted by molar-refractivity contribution is 8.00. The average Bonchev–Trinajstić information content (AvgIpc) is 3.14. The Hall–Kier alpha value is -5.34. The van der Waals surface area contributed by atoms with Crippen LogP contribution in [0.2, 0.25) is 0 Å². The van der Waals surface area contributed by atoms with Crippen LogP contribution in [-0.4, -0.2) is 61.3 Å². The molecule has 286 valence electrons. The van der Waals surface area contributed by atoms with Gasteiger partial charge in [-0.2, -0.15) is 13.2 Å². The maximum absolute atomic E-state index is 14.3. The largest absolute Gasteiger partial charge is 0.481 e. The number of benzene rings is 4. The minimum atomic E-state index is -4.76. The quantitative estimate of drug-likeness (QED) is 0.0880. The maximum atomic E-state index is 14.3. The molecule has 0 unspecified atom stereocenters. The van der Waals surface area contributed by atoms with E-state index in [1.807, 2.05) is 11.2 Å². The zero-order chi connectivity index (χ0) is 39.2. The molecule has 0 bridgehead atoms. The number of hydrogen-bond donors (Lipinski definition) is 5. The summed E-state index contributed by atoms with van der Waals surface area (Å²) in [5.41, 5.74) is 0.773. The Labute approximate surface area is 312 Å². The SMILES string of the molecule is CCN(C1CCC(C(=O)O)CC1)[SH](C)(=O)c1cccc(C(=O)Nc2ccc(C(F)(F)F)cc2C(=O)Nc2ccc(CCc3ccc(C(=O)O)cc3)cc2)c1. The van der Waals surface area contributed by atoms with Crippen molar-refractivity contribution < 1.29 is 46.8 Å². The molecular weight excluding hydrogens is 724 g/mol. The lowest BCUT2D eigenvalue weighted by Crippen LogP contribution is -2.46. The Bertz CT molecular complexity index is 2060. The van der Waals surface area contributed by atoms with Gasteiger partial charge in [0.25, 0.3) is 11.8 Å². The van der Waals surface area contributed by atoms with Gasteiger partial charge >= 0.3 is 18.1 Å². The van der Waals surface area contributed by atoms with Gasteiger partial charge in [-0.15, -0.1) is 0 Å². The number of rotatable bonds is 13. The summed E-state index contributed by atoms with van der Waals surface area (Å²) in [7, 11) is -3.24. The third-order valence-electron chi connectivity index (χ3n) is 9.82. The second-order valence-corrected chi connectivity index (χ2v) is 16.2. The summed E-state index contributed by atoms with van der Waals surface area (Å²) in [5.74, 6) is -3.89. The van der Waals surface area contributed by atoms with Gasteiger partial charge in [-0.25, -0.2) is 9.10 Å². The molecule has 0 aromatic heterocycles. The van der Waals surface area contributed by atoms with Gasteiger partial charge in [0, 0.05) is 35.0 Å². The lowest BCUT2D eigenvalue weighted by molar-refractivity contribution is -0.143. The van der Waals surface area contributed by atoms with Crippen molar-refractivity contribution in [3.8, 4) is 0 Å². The second-order valence-electron chi connectivity index (χ2n) is 13.4. The number of thiol groups is 1. The summed E-state index contributed by atoms with van der Waals surface area (Å²) < 4.78 is 57.4. The zero-order valence-corrected chi connectivity index (χ0v) is 30.6. The number of hydrogen-bond acceptors (Lipinski definition) is 5. The van der Waals surface area contributed by atoms with Crippen LogP contribution in [0.5, 0.6) is 0 Å². The number of carbonyl (C=O) groups excluding carboxylic acids is 2. The Morgan fingerprint density at radius 1 is 0.778 bits per heavy atom. The molecule has 0 heterocycles. The molecule has 0 aliphatic heterocycles. The maximum Gasteiger partial charge on any atom is 0.416 e. The molecular formula is C40H42F3N3O7S. The fraction of sp³-hybridized carbons (Fsp3) is 0.300. The number of aryl methyl sites for hydroxylation is 2. The van der Waals surface area contributed by atoms with Crippen LogP contribution in [0.15, 0.2) is 95.9 Å². The smallest absolute Gasteiger partial charge is 0.416 e. The number of alkyl halides is 3. The Morgan fingerprint density at radius 3 is 1.94 bits per heavy atom. The molecule has 1 aliphatic rings. The van der Waals surface area contributed by atoms with E-state index in [2.05, 4.69) is 10.6 Å². The highest BCUT2D eigenvalue weighted by Gasteiger charge is 2.34. The number of halogens is 3. The van der Waals surface area contributed by atoms with Gasteiger partial charge < -0.3 is 20.8 Å². The molecule has 4 aromatic rings. The monoisotopic (exact) mass is 765 g/mol. The first-order valence-corrected chi connectivity index (χ1v) is 19.6. The summed E-state index contributed by atoms with van der Waals surface area (Å²) in [6.07, 6.45) is 0.164. The van der Waals surface area contributed by atoms with Crippen LogP contribution in [0.4, 0.5) is 24.5 Å². The molecule has 14 heteroatoms. The van der Waals surface area contributed by atoms with Crippen molar-refractivity contribution in [1.29, 1.82) is 0 Å². The number of carboxylic acids is 2. The molecule has 0 spiro atoms. The van der Waals surface area contributed by atoms with E-state index >= 15 is 0 Å². The number of carboxylic acid groups (broad SMARTS) is 2. The summed E-state index contributed by atoms with van der Waals surface area (Å²) in [4.78, 5) is 49.9. The van der Waals surface area contributed by atoms with Gasteiger partial charge in [-0.05, 0) is 120 Å². The predicted octanol–water partition coefficient (Wildman–Crippen LogP) is 7.58. The van der Waals surface area contributed by atoms with Crippen molar-refractivity contribution in [2.75, 3.05) is 23.4 Å². The van der Waals surface area contributed by atoms with E-state index in [1.165, 1.54) is 24.3 Å². The van der Waals surface area contributed by atoms with Crippen molar-refractivity contribution in [3.63, 3.8) is 0 Å². The minimum Gasteiger partial charge on any atom is -0.481 e. The van der Waals surface area contributed by atoms with E-state index < -0.39 is 57.1 Å². The van der Waals surface area contributed by atoms with Gasteiger partial charge in [0.2, 0.25) is 0 Å². The molecule has 10 nitrogen and oxygen atoms in total. The number of aromatic carboxylic acids is 1. The fourth-order valence-electron chi connectivity index (χ4n) is 6.78.